The number of carboxylic acids is 1. The fourth-order valence-corrected chi connectivity index (χ4v) is 5.76. The highest BCUT2D eigenvalue weighted by molar-refractivity contribution is 5.74. The summed E-state index contributed by atoms with van der Waals surface area (Å²) in [6.45, 7) is 3.96. The lowest BCUT2D eigenvalue weighted by molar-refractivity contribution is -0.143. The van der Waals surface area contributed by atoms with Crippen LogP contribution in [-0.2, 0) is 4.79 Å². The van der Waals surface area contributed by atoms with Gasteiger partial charge in [0.05, 0.1) is 20.1 Å². The highest BCUT2D eigenvalue weighted by Gasteiger charge is 2.47. The summed E-state index contributed by atoms with van der Waals surface area (Å²) < 4.78 is 27.2. The Kier molecular flexibility index (Phi) is 9.02. The van der Waals surface area contributed by atoms with Crippen molar-refractivity contribution in [2.24, 2.45) is 5.92 Å². The predicted octanol–water partition coefficient (Wildman–Crippen LogP) is 5.18. The van der Waals surface area contributed by atoms with Crippen LogP contribution in [0.2, 0.25) is 0 Å². The molecule has 3 atom stereocenters. The molecule has 0 saturated carbocycles. The van der Waals surface area contributed by atoms with Crippen molar-refractivity contribution in [2.75, 3.05) is 47.2 Å². The van der Waals surface area contributed by atoms with Crippen LogP contribution in [0, 0.1) is 5.92 Å². The second-order valence-electron chi connectivity index (χ2n) is 10.3. The lowest BCUT2D eigenvalue weighted by Gasteiger charge is -2.30. The zero-order valence-electron chi connectivity index (χ0n) is 24.0. The third kappa shape index (κ3) is 6.23. The zero-order chi connectivity index (χ0) is 29.6. The van der Waals surface area contributed by atoms with E-state index < -0.39 is 24.0 Å². The first-order valence-corrected chi connectivity index (χ1v) is 14.0. The smallest absolute Gasteiger partial charge is 0.415 e. The Labute approximate surface area is 245 Å². The van der Waals surface area contributed by atoms with Gasteiger partial charge in [0.2, 0.25) is 6.79 Å². The molecule has 1 amide bonds. The number of ether oxygens (including phenoxy) is 5. The molecule has 0 aliphatic carbocycles. The fourth-order valence-electron chi connectivity index (χ4n) is 5.76. The number of carbonyl (C=O) groups excluding carboxylic acids is 1. The van der Waals surface area contributed by atoms with E-state index in [1.54, 1.807) is 43.4 Å². The van der Waals surface area contributed by atoms with E-state index in [9.17, 15) is 14.7 Å². The normalized spacial score (nSPS) is 19.4. The Balaban J connectivity index is 1.40. The number of likely N-dealkylation sites (tertiary alicyclic amines) is 1. The number of benzene rings is 3. The second kappa shape index (κ2) is 13.0. The van der Waals surface area contributed by atoms with Crippen LogP contribution in [0.3, 0.4) is 0 Å². The van der Waals surface area contributed by atoms with Crippen molar-refractivity contribution in [3.05, 3.63) is 77.9 Å². The monoisotopic (exact) mass is 576 g/mol. The highest BCUT2D eigenvalue weighted by atomic mass is 16.7. The van der Waals surface area contributed by atoms with E-state index in [0.29, 0.717) is 54.9 Å². The van der Waals surface area contributed by atoms with Gasteiger partial charge in [0, 0.05) is 38.1 Å². The molecule has 2 aliphatic heterocycles. The molecule has 3 aromatic rings. The van der Waals surface area contributed by atoms with E-state index in [0.717, 1.165) is 17.5 Å². The topological polar surface area (TPSA) is 107 Å². The molecule has 10 nitrogen and oxygen atoms in total. The van der Waals surface area contributed by atoms with Crippen LogP contribution in [0.5, 0.6) is 28.7 Å². The van der Waals surface area contributed by atoms with Gasteiger partial charge in [0.1, 0.15) is 17.2 Å². The number of hydrogen-bond acceptors (Lipinski definition) is 8. The molecule has 42 heavy (non-hydrogen) atoms. The highest BCUT2D eigenvalue weighted by Crippen LogP contribution is 2.47. The number of rotatable bonds is 11. The summed E-state index contributed by atoms with van der Waals surface area (Å²) in [4.78, 5) is 29.9. The molecular weight excluding hydrogens is 540 g/mol. The van der Waals surface area contributed by atoms with Gasteiger partial charge in [-0.25, -0.2) is 4.79 Å². The summed E-state index contributed by atoms with van der Waals surface area (Å²) in [6, 6.07) is 19.6. The summed E-state index contributed by atoms with van der Waals surface area (Å²) in [5.74, 6) is 1.13. The minimum atomic E-state index is -0.884. The van der Waals surface area contributed by atoms with E-state index >= 15 is 0 Å². The van der Waals surface area contributed by atoms with Crippen LogP contribution >= 0.6 is 0 Å². The molecule has 1 saturated heterocycles. The van der Waals surface area contributed by atoms with Gasteiger partial charge >= 0.3 is 12.1 Å². The maximum atomic E-state index is 13.2. The molecular formula is C32H36N2O8. The van der Waals surface area contributed by atoms with Gasteiger partial charge in [0.25, 0.3) is 0 Å². The summed E-state index contributed by atoms with van der Waals surface area (Å²) in [5, 5.41) is 10.5. The van der Waals surface area contributed by atoms with E-state index in [4.69, 9.17) is 23.7 Å². The Morgan fingerprint density at radius 3 is 2.14 bits per heavy atom. The Bertz CT molecular complexity index is 1380. The molecule has 0 aromatic heterocycles. The summed E-state index contributed by atoms with van der Waals surface area (Å²) in [7, 11) is 3.17. The molecule has 10 heteroatoms. The number of hydrogen-bond donors (Lipinski definition) is 1. The first-order chi connectivity index (χ1) is 20.4. The van der Waals surface area contributed by atoms with Crippen molar-refractivity contribution in [3.8, 4) is 28.7 Å². The van der Waals surface area contributed by atoms with E-state index in [-0.39, 0.29) is 12.7 Å². The Morgan fingerprint density at radius 1 is 0.881 bits per heavy atom. The number of fused-ring (bicyclic) bond motifs is 1. The first kappa shape index (κ1) is 29.1. The fraction of sp³-hybridized carbons (Fsp3) is 0.375. The van der Waals surface area contributed by atoms with Crippen LogP contribution in [0.4, 0.5) is 4.79 Å². The largest absolute Gasteiger partial charge is 0.497 e. The van der Waals surface area contributed by atoms with E-state index in [1.165, 1.54) is 0 Å². The molecule has 2 heterocycles. The standard InChI is InChI=1S/C32H36N2O8/c1-4-15-33(32(37)42-25-12-10-24(39-3)11-13-25)16-17-34-19-26(22-7-14-27-28(18-22)41-20-40-27)29(31(35)36)30(34)21-5-8-23(38-2)9-6-21/h5-14,18,26,29-30H,4,15-17,19-20H2,1-3H3,(H,35,36). The van der Waals surface area contributed by atoms with Crippen LogP contribution in [0.15, 0.2) is 66.7 Å². The molecule has 2 aliphatic rings. The third-order valence-corrected chi connectivity index (χ3v) is 7.84. The average molecular weight is 577 g/mol. The van der Waals surface area contributed by atoms with E-state index in [1.807, 2.05) is 49.4 Å². The molecule has 1 fully saturated rings. The maximum Gasteiger partial charge on any atom is 0.415 e. The number of amides is 1. The number of carbonyl (C=O) groups is 2. The Morgan fingerprint density at radius 2 is 1.50 bits per heavy atom. The van der Waals surface area contributed by atoms with Crippen LogP contribution < -0.4 is 23.7 Å². The van der Waals surface area contributed by atoms with E-state index in [2.05, 4.69) is 4.90 Å². The van der Waals surface area contributed by atoms with Crippen LogP contribution in [0.1, 0.15) is 36.4 Å². The number of nitrogens with zero attached hydrogens (tertiary/aromatic N) is 2. The van der Waals surface area contributed by atoms with Gasteiger partial charge in [-0.2, -0.15) is 0 Å². The molecule has 0 spiro atoms. The van der Waals surface area contributed by atoms with Gasteiger partial charge in [-0.15, -0.1) is 0 Å². The molecule has 0 bridgehead atoms. The van der Waals surface area contributed by atoms with Gasteiger partial charge < -0.3 is 33.7 Å². The van der Waals surface area contributed by atoms with Crippen molar-refractivity contribution in [3.63, 3.8) is 0 Å². The average Bonchev–Trinajstić information content (AvgIpc) is 3.64. The van der Waals surface area contributed by atoms with Gasteiger partial charge in [-0.3, -0.25) is 9.69 Å². The van der Waals surface area contributed by atoms with Crippen LogP contribution in [-0.4, -0.2) is 74.2 Å². The van der Waals surface area contributed by atoms with Crippen molar-refractivity contribution in [1.29, 1.82) is 0 Å². The van der Waals surface area contributed by atoms with Gasteiger partial charge in [-0.05, 0) is 66.1 Å². The lowest BCUT2D eigenvalue weighted by Crippen LogP contribution is -2.41. The van der Waals surface area contributed by atoms with Crippen molar-refractivity contribution < 1.29 is 38.4 Å². The number of carboxylic acid groups (broad SMARTS) is 1. The summed E-state index contributed by atoms with van der Waals surface area (Å²) in [6.07, 6.45) is 0.293. The minimum absolute atomic E-state index is 0.145. The maximum absolute atomic E-state index is 13.2. The zero-order valence-corrected chi connectivity index (χ0v) is 24.0. The number of aliphatic carboxylic acids is 1. The Hall–Kier alpha value is -4.44. The first-order valence-electron chi connectivity index (χ1n) is 14.0. The van der Waals surface area contributed by atoms with Crippen molar-refractivity contribution >= 4 is 12.1 Å². The van der Waals surface area contributed by atoms with Crippen molar-refractivity contribution in [2.45, 2.75) is 25.3 Å². The lowest BCUT2D eigenvalue weighted by atomic mass is 9.82. The summed E-state index contributed by atoms with van der Waals surface area (Å²) >= 11 is 0. The molecule has 222 valence electrons. The van der Waals surface area contributed by atoms with Gasteiger partial charge in [0.15, 0.2) is 11.5 Å². The molecule has 0 radical (unpaired) electrons. The number of methoxy groups -OCH3 is 2. The molecule has 3 unspecified atom stereocenters. The molecule has 1 N–H and O–H groups in total. The quantitative estimate of drug-likeness (QED) is 0.330. The van der Waals surface area contributed by atoms with Crippen molar-refractivity contribution in [1.82, 2.24) is 9.80 Å². The SMILES string of the molecule is CCCN(CCN1CC(c2ccc3c(c2)OCO3)C(C(=O)O)C1c1ccc(OC)cc1)C(=O)Oc1ccc(OC)cc1. The molecule has 5 rings (SSSR count). The van der Waals surface area contributed by atoms with Crippen LogP contribution in [0.25, 0.3) is 0 Å². The molecule has 3 aromatic carbocycles. The third-order valence-electron chi connectivity index (χ3n) is 7.84. The summed E-state index contributed by atoms with van der Waals surface area (Å²) in [5.41, 5.74) is 1.74. The van der Waals surface area contributed by atoms with Gasteiger partial charge in [-0.1, -0.05) is 25.1 Å². The second-order valence-corrected chi connectivity index (χ2v) is 10.3. The predicted molar refractivity (Wildman–Crippen MR) is 155 cm³/mol. The minimum Gasteiger partial charge on any atom is -0.497 e.